The molecule has 0 heterocycles. The Labute approximate surface area is 122 Å². The zero-order valence-electron chi connectivity index (χ0n) is 11.8. The van der Waals surface area contributed by atoms with Crippen LogP contribution >= 0.6 is 0 Å². The second-order valence-corrected chi connectivity index (χ2v) is 4.33. The van der Waals surface area contributed by atoms with Crippen LogP contribution < -0.4 is 14.8 Å². The third-order valence-corrected chi connectivity index (χ3v) is 2.99. The topological polar surface area (TPSA) is 73.6 Å². The van der Waals surface area contributed by atoms with Gasteiger partial charge < -0.3 is 14.8 Å². The summed E-state index contributed by atoms with van der Waals surface area (Å²) in [6.45, 7) is 0.254. The molecule has 2 aromatic carbocycles. The average molecular weight is 288 g/mol. The molecule has 0 unspecified atom stereocenters. The lowest BCUT2D eigenvalue weighted by molar-refractivity contribution is -0.385. The highest BCUT2D eigenvalue weighted by Crippen LogP contribution is 2.28. The number of nitro groups is 1. The molecule has 0 fully saturated rings. The van der Waals surface area contributed by atoms with Gasteiger partial charge in [-0.1, -0.05) is 6.07 Å². The summed E-state index contributed by atoms with van der Waals surface area (Å²) >= 11 is 0. The van der Waals surface area contributed by atoms with E-state index in [4.69, 9.17) is 9.47 Å². The summed E-state index contributed by atoms with van der Waals surface area (Å²) < 4.78 is 10.6. The number of benzene rings is 2. The van der Waals surface area contributed by atoms with E-state index >= 15 is 0 Å². The van der Waals surface area contributed by atoms with Gasteiger partial charge in [-0.2, -0.15) is 0 Å². The standard InChI is InChI=1S/C15H16N2O4/c1-16-12-4-6-13(7-5-12)21-10-11-3-8-15(20-2)14(9-11)17(18)19/h3-9,16H,10H2,1-2H3. The van der Waals surface area contributed by atoms with E-state index < -0.39 is 4.92 Å². The zero-order valence-corrected chi connectivity index (χ0v) is 11.8. The summed E-state index contributed by atoms with van der Waals surface area (Å²) in [5.74, 6) is 0.939. The highest BCUT2D eigenvalue weighted by molar-refractivity contribution is 5.49. The third-order valence-electron chi connectivity index (χ3n) is 2.99. The molecule has 0 saturated heterocycles. The number of methoxy groups -OCH3 is 1. The van der Waals surface area contributed by atoms with Crippen LogP contribution in [0.15, 0.2) is 42.5 Å². The van der Waals surface area contributed by atoms with E-state index in [1.807, 2.05) is 31.3 Å². The lowest BCUT2D eigenvalue weighted by Crippen LogP contribution is -1.99. The van der Waals surface area contributed by atoms with Gasteiger partial charge in [0.05, 0.1) is 12.0 Å². The predicted molar refractivity (Wildman–Crippen MR) is 80.0 cm³/mol. The summed E-state index contributed by atoms with van der Waals surface area (Å²) in [6, 6.07) is 12.2. The van der Waals surface area contributed by atoms with Crippen molar-refractivity contribution in [3.05, 3.63) is 58.1 Å². The van der Waals surface area contributed by atoms with Crippen molar-refractivity contribution in [1.82, 2.24) is 0 Å². The van der Waals surface area contributed by atoms with Gasteiger partial charge in [-0.25, -0.2) is 0 Å². The maximum Gasteiger partial charge on any atom is 0.311 e. The van der Waals surface area contributed by atoms with Crippen LogP contribution in [0.1, 0.15) is 5.56 Å². The van der Waals surface area contributed by atoms with Crippen molar-refractivity contribution in [2.24, 2.45) is 0 Å². The van der Waals surface area contributed by atoms with E-state index in [1.165, 1.54) is 13.2 Å². The van der Waals surface area contributed by atoms with Crippen molar-refractivity contribution in [3.63, 3.8) is 0 Å². The van der Waals surface area contributed by atoms with Crippen molar-refractivity contribution in [2.75, 3.05) is 19.5 Å². The molecule has 0 spiro atoms. The largest absolute Gasteiger partial charge is 0.490 e. The highest BCUT2D eigenvalue weighted by Gasteiger charge is 2.15. The van der Waals surface area contributed by atoms with Crippen molar-refractivity contribution < 1.29 is 14.4 Å². The first-order chi connectivity index (χ1) is 10.1. The first-order valence-corrected chi connectivity index (χ1v) is 6.36. The lowest BCUT2D eigenvalue weighted by atomic mass is 10.2. The van der Waals surface area contributed by atoms with Gasteiger partial charge >= 0.3 is 5.69 Å². The highest BCUT2D eigenvalue weighted by atomic mass is 16.6. The molecule has 2 aromatic rings. The molecule has 0 aliphatic rings. The van der Waals surface area contributed by atoms with Crippen LogP contribution in [0.4, 0.5) is 11.4 Å². The van der Waals surface area contributed by atoms with Crippen LogP contribution in [0.5, 0.6) is 11.5 Å². The maximum atomic E-state index is 11.0. The van der Waals surface area contributed by atoms with Crippen LogP contribution in [0.2, 0.25) is 0 Å². The fourth-order valence-corrected chi connectivity index (χ4v) is 1.85. The Morgan fingerprint density at radius 3 is 2.48 bits per heavy atom. The molecule has 6 nitrogen and oxygen atoms in total. The van der Waals surface area contributed by atoms with E-state index in [0.29, 0.717) is 11.3 Å². The maximum absolute atomic E-state index is 11.0. The van der Waals surface area contributed by atoms with Gasteiger partial charge in [0.15, 0.2) is 5.75 Å². The molecular weight excluding hydrogens is 272 g/mol. The average Bonchev–Trinajstić information content (AvgIpc) is 2.53. The number of anilines is 1. The minimum Gasteiger partial charge on any atom is -0.490 e. The zero-order chi connectivity index (χ0) is 15.2. The monoisotopic (exact) mass is 288 g/mol. The summed E-state index contributed by atoms with van der Waals surface area (Å²) in [5.41, 5.74) is 1.63. The number of nitrogens with one attached hydrogen (secondary N) is 1. The van der Waals surface area contributed by atoms with Gasteiger partial charge in [0.1, 0.15) is 12.4 Å². The van der Waals surface area contributed by atoms with Crippen molar-refractivity contribution in [2.45, 2.75) is 6.61 Å². The quantitative estimate of drug-likeness (QED) is 0.652. The number of hydrogen-bond acceptors (Lipinski definition) is 5. The minimum atomic E-state index is -0.468. The van der Waals surface area contributed by atoms with Crippen LogP contribution in [-0.4, -0.2) is 19.1 Å². The summed E-state index contributed by atoms with van der Waals surface area (Å²) in [4.78, 5) is 10.5. The normalized spacial score (nSPS) is 10.0. The molecular formula is C15H16N2O4. The molecule has 0 aliphatic carbocycles. The first-order valence-electron chi connectivity index (χ1n) is 6.36. The third kappa shape index (κ3) is 3.62. The van der Waals surface area contributed by atoms with Crippen LogP contribution in [0.3, 0.4) is 0 Å². The van der Waals surface area contributed by atoms with Crippen LogP contribution in [-0.2, 0) is 6.61 Å². The second-order valence-electron chi connectivity index (χ2n) is 4.33. The second kappa shape index (κ2) is 6.60. The molecule has 21 heavy (non-hydrogen) atoms. The van der Waals surface area contributed by atoms with Gasteiger partial charge in [-0.3, -0.25) is 10.1 Å². The molecule has 0 saturated carbocycles. The molecule has 2 rings (SSSR count). The number of ether oxygens (including phenoxy) is 2. The molecule has 110 valence electrons. The molecule has 0 bridgehead atoms. The smallest absolute Gasteiger partial charge is 0.311 e. The summed E-state index contributed by atoms with van der Waals surface area (Å²) in [6.07, 6.45) is 0. The Morgan fingerprint density at radius 1 is 1.19 bits per heavy atom. The Hall–Kier alpha value is -2.76. The fourth-order valence-electron chi connectivity index (χ4n) is 1.85. The van der Waals surface area contributed by atoms with Crippen molar-refractivity contribution in [3.8, 4) is 11.5 Å². The molecule has 0 aliphatic heterocycles. The van der Waals surface area contributed by atoms with E-state index in [1.54, 1.807) is 12.1 Å². The number of nitro benzene ring substituents is 1. The van der Waals surface area contributed by atoms with Gasteiger partial charge in [0, 0.05) is 18.8 Å². The van der Waals surface area contributed by atoms with Crippen LogP contribution in [0, 0.1) is 10.1 Å². The van der Waals surface area contributed by atoms with E-state index in [2.05, 4.69) is 5.32 Å². The van der Waals surface area contributed by atoms with E-state index in [-0.39, 0.29) is 18.0 Å². The lowest BCUT2D eigenvalue weighted by Gasteiger charge is -2.08. The van der Waals surface area contributed by atoms with Crippen molar-refractivity contribution in [1.29, 1.82) is 0 Å². The predicted octanol–water partition coefficient (Wildman–Crippen LogP) is 3.22. The summed E-state index contributed by atoms with van der Waals surface area (Å²) in [7, 11) is 3.24. The van der Waals surface area contributed by atoms with Crippen molar-refractivity contribution >= 4 is 11.4 Å². The molecule has 0 radical (unpaired) electrons. The SMILES string of the molecule is CNc1ccc(OCc2ccc(OC)c([N+](=O)[O-])c2)cc1. The van der Waals surface area contributed by atoms with Gasteiger partial charge in [0.2, 0.25) is 0 Å². The van der Waals surface area contributed by atoms with E-state index in [0.717, 1.165) is 5.69 Å². The molecule has 1 N–H and O–H groups in total. The Bertz CT molecular complexity index is 626. The Morgan fingerprint density at radius 2 is 1.90 bits per heavy atom. The molecule has 6 heteroatoms. The number of nitrogens with zero attached hydrogens (tertiary/aromatic N) is 1. The number of rotatable bonds is 6. The molecule has 0 amide bonds. The Balaban J connectivity index is 2.08. The van der Waals surface area contributed by atoms with Crippen LogP contribution in [0.25, 0.3) is 0 Å². The number of hydrogen-bond donors (Lipinski definition) is 1. The van der Waals surface area contributed by atoms with Gasteiger partial charge in [-0.15, -0.1) is 0 Å². The summed E-state index contributed by atoms with van der Waals surface area (Å²) in [5, 5.41) is 14.0. The molecule has 0 aromatic heterocycles. The fraction of sp³-hybridized carbons (Fsp3) is 0.200. The van der Waals surface area contributed by atoms with E-state index in [9.17, 15) is 10.1 Å². The molecule has 0 atom stereocenters. The Kier molecular flexibility index (Phi) is 4.61. The first kappa shape index (κ1) is 14.6. The van der Waals surface area contributed by atoms with Gasteiger partial charge in [-0.05, 0) is 35.9 Å². The minimum absolute atomic E-state index is 0.0656. The van der Waals surface area contributed by atoms with Gasteiger partial charge in [0.25, 0.3) is 0 Å².